The van der Waals surface area contributed by atoms with E-state index in [1.165, 1.54) is 0 Å². The van der Waals surface area contributed by atoms with Crippen molar-refractivity contribution in [2.75, 3.05) is 19.8 Å². The van der Waals surface area contributed by atoms with E-state index in [1.54, 1.807) is 6.26 Å². The van der Waals surface area contributed by atoms with Gasteiger partial charge in [-0.15, -0.1) is 0 Å². The Morgan fingerprint density at radius 3 is 2.57 bits per heavy atom. The Labute approximate surface area is 84.2 Å². The fraction of sp³-hybridized carbons (Fsp3) is 0.636. The minimum atomic E-state index is -0.0226. The van der Waals surface area contributed by atoms with Gasteiger partial charge in [0.25, 0.3) is 0 Å². The average molecular weight is 195 g/mol. The third kappa shape index (κ3) is 1.12. The molecule has 0 spiro atoms. The van der Waals surface area contributed by atoms with Crippen molar-refractivity contribution >= 4 is 0 Å². The van der Waals surface area contributed by atoms with Crippen LogP contribution in [0, 0.1) is 5.41 Å². The van der Waals surface area contributed by atoms with Gasteiger partial charge >= 0.3 is 0 Å². The van der Waals surface area contributed by atoms with Crippen LogP contribution < -0.4 is 5.73 Å². The number of rotatable bonds is 3. The molecule has 2 rings (SSSR count). The standard InChI is InChI=1S/C11H17NO2/c1-10(2,6-12)11(7-13-8-11)9-4-3-5-14-9/h3-5H,6-8,12H2,1-2H3. The molecule has 0 bridgehead atoms. The van der Waals surface area contributed by atoms with E-state index in [0.717, 1.165) is 5.76 Å². The van der Waals surface area contributed by atoms with Crippen LogP contribution in [-0.4, -0.2) is 19.8 Å². The Bertz CT molecular complexity index is 299. The summed E-state index contributed by atoms with van der Waals surface area (Å²) in [6.07, 6.45) is 1.71. The summed E-state index contributed by atoms with van der Waals surface area (Å²) in [6.45, 7) is 6.39. The topological polar surface area (TPSA) is 48.4 Å². The van der Waals surface area contributed by atoms with Crippen molar-refractivity contribution < 1.29 is 9.15 Å². The molecular weight excluding hydrogens is 178 g/mol. The molecule has 0 unspecified atom stereocenters. The van der Waals surface area contributed by atoms with Crippen LogP contribution in [0.3, 0.4) is 0 Å². The molecule has 1 aromatic rings. The number of nitrogens with two attached hydrogens (primary N) is 1. The van der Waals surface area contributed by atoms with Crippen molar-refractivity contribution in [3.63, 3.8) is 0 Å². The molecule has 1 aliphatic heterocycles. The van der Waals surface area contributed by atoms with Crippen LogP contribution in [0.2, 0.25) is 0 Å². The molecule has 1 fully saturated rings. The molecule has 1 saturated heterocycles. The van der Waals surface area contributed by atoms with Crippen molar-refractivity contribution in [2.45, 2.75) is 19.3 Å². The second kappa shape index (κ2) is 3.11. The van der Waals surface area contributed by atoms with Gasteiger partial charge in [-0.25, -0.2) is 0 Å². The lowest BCUT2D eigenvalue weighted by molar-refractivity contribution is -0.126. The van der Waals surface area contributed by atoms with Crippen molar-refractivity contribution in [1.82, 2.24) is 0 Å². The number of hydrogen-bond donors (Lipinski definition) is 1. The average Bonchev–Trinajstić information content (AvgIpc) is 2.55. The Hall–Kier alpha value is -0.800. The lowest BCUT2D eigenvalue weighted by atomic mass is 9.62. The van der Waals surface area contributed by atoms with Crippen LogP contribution in [0.5, 0.6) is 0 Å². The minimum absolute atomic E-state index is 0.0170. The molecule has 0 radical (unpaired) electrons. The zero-order valence-electron chi connectivity index (χ0n) is 8.75. The zero-order valence-corrected chi connectivity index (χ0v) is 8.75. The molecule has 3 heteroatoms. The summed E-state index contributed by atoms with van der Waals surface area (Å²) in [5.74, 6) is 0.999. The third-order valence-corrected chi connectivity index (χ3v) is 3.50. The highest BCUT2D eigenvalue weighted by Gasteiger charge is 2.53. The molecule has 0 aliphatic carbocycles. The fourth-order valence-electron chi connectivity index (χ4n) is 1.92. The minimum Gasteiger partial charge on any atom is -0.469 e. The van der Waals surface area contributed by atoms with E-state index in [-0.39, 0.29) is 10.8 Å². The largest absolute Gasteiger partial charge is 0.469 e. The molecule has 14 heavy (non-hydrogen) atoms. The lowest BCUT2D eigenvalue weighted by Gasteiger charge is -2.50. The van der Waals surface area contributed by atoms with Crippen molar-refractivity contribution in [3.05, 3.63) is 24.2 Å². The highest BCUT2D eigenvalue weighted by Crippen LogP contribution is 2.46. The van der Waals surface area contributed by atoms with Gasteiger partial charge < -0.3 is 14.9 Å². The van der Waals surface area contributed by atoms with E-state index in [1.807, 2.05) is 12.1 Å². The maximum absolute atomic E-state index is 5.81. The summed E-state index contributed by atoms with van der Waals surface area (Å²) < 4.78 is 10.8. The third-order valence-electron chi connectivity index (χ3n) is 3.50. The van der Waals surface area contributed by atoms with E-state index in [0.29, 0.717) is 19.8 Å². The summed E-state index contributed by atoms with van der Waals surface area (Å²) in [6, 6.07) is 3.93. The van der Waals surface area contributed by atoms with E-state index in [9.17, 15) is 0 Å². The van der Waals surface area contributed by atoms with E-state index in [4.69, 9.17) is 14.9 Å². The van der Waals surface area contributed by atoms with Crippen molar-refractivity contribution in [3.8, 4) is 0 Å². The SMILES string of the molecule is CC(C)(CN)C1(c2ccco2)COC1. The lowest BCUT2D eigenvalue weighted by Crippen LogP contribution is -2.59. The predicted octanol–water partition coefficient (Wildman–Crippen LogP) is 1.53. The number of ether oxygens (including phenoxy) is 1. The second-order valence-electron chi connectivity index (χ2n) is 4.64. The predicted molar refractivity (Wildman–Crippen MR) is 54.0 cm³/mol. The van der Waals surface area contributed by atoms with Crippen LogP contribution in [0.25, 0.3) is 0 Å². The molecule has 78 valence electrons. The van der Waals surface area contributed by atoms with E-state index < -0.39 is 0 Å². The maximum atomic E-state index is 5.81. The summed E-state index contributed by atoms with van der Waals surface area (Å²) >= 11 is 0. The molecular formula is C11H17NO2. The van der Waals surface area contributed by atoms with Crippen LogP contribution >= 0.6 is 0 Å². The van der Waals surface area contributed by atoms with Gasteiger partial charge in [0.1, 0.15) is 5.76 Å². The Morgan fingerprint density at radius 2 is 2.21 bits per heavy atom. The summed E-state index contributed by atoms with van der Waals surface area (Å²) in [4.78, 5) is 0. The van der Waals surface area contributed by atoms with Crippen molar-refractivity contribution in [2.24, 2.45) is 11.1 Å². The summed E-state index contributed by atoms with van der Waals surface area (Å²) in [5, 5.41) is 0. The van der Waals surface area contributed by atoms with Crippen molar-refractivity contribution in [1.29, 1.82) is 0 Å². The molecule has 0 atom stereocenters. The molecule has 2 heterocycles. The van der Waals surface area contributed by atoms with Crippen LogP contribution in [-0.2, 0) is 10.2 Å². The molecule has 0 aromatic carbocycles. The highest BCUT2D eigenvalue weighted by atomic mass is 16.5. The first-order valence-electron chi connectivity index (χ1n) is 4.94. The van der Waals surface area contributed by atoms with Gasteiger partial charge in [-0.1, -0.05) is 13.8 Å². The summed E-state index contributed by atoms with van der Waals surface area (Å²) in [5.41, 5.74) is 5.81. The van der Waals surface area contributed by atoms with E-state index >= 15 is 0 Å². The van der Waals surface area contributed by atoms with E-state index in [2.05, 4.69) is 13.8 Å². The van der Waals surface area contributed by atoms with Gasteiger partial charge in [-0.3, -0.25) is 0 Å². The Morgan fingerprint density at radius 1 is 1.50 bits per heavy atom. The molecule has 2 N–H and O–H groups in total. The summed E-state index contributed by atoms with van der Waals surface area (Å²) in [7, 11) is 0. The molecule has 1 aliphatic rings. The van der Waals surface area contributed by atoms with Crippen LogP contribution in [0.4, 0.5) is 0 Å². The van der Waals surface area contributed by atoms with Gasteiger partial charge in [-0.05, 0) is 24.1 Å². The van der Waals surface area contributed by atoms with Gasteiger partial charge in [-0.2, -0.15) is 0 Å². The Balaban J connectivity index is 2.36. The second-order valence-corrected chi connectivity index (χ2v) is 4.64. The quantitative estimate of drug-likeness (QED) is 0.795. The van der Waals surface area contributed by atoms with Crippen LogP contribution in [0.15, 0.2) is 22.8 Å². The maximum Gasteiger partial charge on any atom is 0.115 e. The molecule has 3 nitrogen and oxygen atoms in total. The highest BCUT2D eigenvalue weighted by molar-refractivity contribution is 5.22. The molecule has 1 aromatic heterocycles. The zero-order chi connectivity index (χ0) is 10.2. The first-order chi connectivity index (χ1) is 6.62. The molecule has 0 amide bonds. The first kappa shape index (κ1) is 9.74. The first-order valence-corrected chi connectivity index (χ1v) is 4.94. The smallest absolute Gasteiger partial charge is 0.115 e. The molecule has 0 saturated carbocycles. The number of hydrogen-bond acceptors (Lipinski definition) is 3. The van der Waals surface area contributed by atoms with Gasteiger partial charge in [0, 0.05) is 0 Å². The monoisotopic (exact) mass is 195 g/mol. The number of furan rings is 1. The Kier molecular flexibility index (Phi) is 2.16. The van der Waals surface area contributed by atoms with Gasteiger partial charge in [0.05, 0.1) is 24.9 Å². The fourth-order valence-corrected chi connectivity index (χ4v) is 1.92. The van der Waals surface area contributed by atoms with Gasteiger partial charge in [0.2, 0.25) is 0 Å². The normalized spacial score (nSPS) is 20.5. The van der Waals surface area contributed by atoms with Crippen LogP contribution in [0.1, 0.15) is 19.6 Å². The van der Waals surface area contributed by atoms with Gasteiger partial charge in [0.15, 0.2) is 0 Å².